The lowest BCUT2D eigenvalue weighted by atomic mass is 10.0. The highest BCUT2D eigenvalue weighted by Gasteiger charge is 1.99. The Bertz CT molecular complexity index is 356. The van der Waals surface area contributed by atoms with Crippen molar-refractivity contribution in [2.75, 3.05) is 0 Å². The maximum atomic E-state index is 2.28. The van der Waals surface area contributed by atoms with Crippen LogP contribution in [0.4, 0.5) is 0 Å². The van der Waals surface area contributed by atoms with E-state index >= 15 is 0 Å². The predicted octanol–water partition coefficient (Wildman–Crippen LogP) is 3.68. The average molecular weight is 170 g/mol. The molecule has 66 valence electrons. The van der Waals surface area contributed by atoms with Gasteiger partial charge in [-0.3, -0.25) is 0 Å². The van der Waals surface area contributed by atoms with E-state index in [1.807, 2.05) is 0 Å². The summed E-state index contributed by atoms with van der Waals surface area (Å²) in [7, 11) is 0. The highest BCUT2D eigenvalue weighted by atomic mass is 14.0. The molecule has 0 atom stereocenters. The third-order valence-corrected chi connectivity index (χ3v) is 2.43. The van der Waals surface area contributed by atoms with Gasteiger partial charge >= 0.3 is 0 Å². The van der Waals surface area contributed by atoms with E-state index < -0.39 is 0 Å². The van der Waals surface area contributed by atoms with Crippen LogP contribution in [-0.4, -0.2) is 0 Å². The molecule has 1 aliphatic rings. The summed E-state index contributed by atoms with van der Waals surface area (Å²) in [5.41, 5.74) is 4.11. The monoisotopic (exact) mass is 170 g/mol. The number of aryl methyl sites for hydroxylation is 1. The van der Waals surface area contributed by atoms with Crippen LogP contribution in [0.25, 0.3) is 12.2 Å². The van der Waals surface area contributed by atoms with Crippen molar-refractivity contribution in [2.45, 2.75) is 19.8 Å². The van der Waals surface area contributed by atoms with E-state index in [2.05, 4.69) is 49.4 Å². The van der Waals surface area contributed by atoms with Gasteiger partial charge in [0.2, 0.25) is 0 Å². The molecule has 1 aromatic carbocycles. The molecule has 1 aromatic rings. The maximum Gasteiger partial charge on any atom is -0.0162 e. The molecule has 0 N–H and O–H groups in total. The molecule has 0 saturated heterocycles. The molecule has 0 unspecified atom stereocenters. The van der Waals surface area contributed by atoms with Gasteiger partial charge in [-0.1, -0.05) is 49.4 Å². The summed E-state index contributed by atoms with van der Waals surface area (Å²) >= 11 is 0. The van der Waals surface area contributed by atoms with Crippen LogP contribution in [0.2, 0.25) is 0 Å². The van der Waals surface area contributed by atoms with Gasteiger partial charge in [0.05, 0.1) is 0 Å². The van der Waals surface area contributed by atoms with Crippen molar-refractivity contribution >= 4 is 12.2 Å². The van der Waals surface area contributed by atoms with Crippen molar-refractivity contribution in [3.8, 4) is 0 Å². The highest BCUT2D eigenvalue weighted by Crippen LogP contribution is 2.18. The van der Waals surface area contributed by atoms with E-state index in [-0.39, 0.29) is 0 Å². The summed E-state index contributed by atoms with van der Waals surface area (Å²) in [5.74, 6) is 0. The summed E-state index contributed by atoms with van der Waals surface area (Å²) in [6.07, 6.45) is 11.0. The first kappa shape index (κ1) is 8.31. The molecular weight excluding hydrogens is 156 g/mol. The van der Waals surface area contributed by atoms with Crippen LogP contribution < -0.4 is 0 Å². The van der Waals surface area contributed by atoms with E-state index in [1.165, 1.54) is 16.7 Å². The van der Waals surface area contributed by atoms with Gasteiger partial charge in [-0.2, -0.15) is 0 Å². The topological polar surface area (TPSA) is 0 Å². The van der Waals surface area contributed by atoms with Gasteiger partial charge in [0, 0.05) is 0 Å². The zero-order valence-electron chi connectivity index (χ0n) is 7.96. The van der Waals surface area contributed by atoms with Crippen molar-refractivity contribution in [1.29, 1.82) is 0 Å². The molecule has 0 nitrogen and oxygen atoms in total. The van der Waals surface area contributed by atoms with E-state index in [0.717, 1.165) is 12.8 Å². The average Bonchev–Trinajstić information content (AvgIpc) is 2.41. The van der Waals surface area contributed by atoms with Crippen LogP contribution >= 0.6 is 0 Å². The Morgan fingerprint density at radius 1 is 1.08 bits per heavy atom. The van der Waals surface area contributed by atoms with Gasteiger partial charge in [-0.25, -0.2) is 0 Å². The number of hydrogen-bond donors (Lipinski definition) is 0. The van der Waals surface area contributed by atoms with Gasteiger partial charge in [-0.15, -0.1) is 0 Å². The van der Waals surface area contributed by atoms with Crippen molar-refractivity contribution in [1.82, 2.24) is 0 Å². The first-order valence-electron chi connectivity index (χ1n) is 4.86. The van der Waals surface area contributed by atoms with Crippen LogP contribution in [0.3, 0.4) is 0 Å². The zero-order valence-corrected chi connectivity index (χ0v) is 7.96. The van der Waals surface area contributed by atoms with Crippen LogP contribution in [0, 0.1) is 0 Å². The fourth-order valence-corrected chi connectivity index (χ4v) is 1.61. The molecule has 0 spiro atoms. The zero-order chi connectivity index (χ0) is 9.10. The second-order valence-electron chi connectivity index (χ2n) is 3.36. The normalized spacial score (nSPS) is 13.9. The van der Waals surface area contributed by atoms with Crippen molar-refractivity contribution < 1.29 is 0 Å². The van der Waals surface area contributed by atoms with Crippen LogP contribution in [0.5, 0.6) is 0 Å². The molecule has 0 aromatic heterocycles. The van der Waals surface area contributed by atoms with Gasteiger partial charge in [0.1, 0.15) is 0 Å². The van der Waals surface area contributed by atoms with E-state index in [9.17, 15) is 0 Å². The third-order valence-electron chi connectivity index (χ3n) is 2.43. The Morgan fingerprint density at radius 3 is 2.62 bits per heavy atom. The summed E-state index contributed by atoms with van der Waals surface area (Å²) in [5, 5.41) is 0. The molecule has 13 heavy (non-hydrogen) atoms. The minimum absolute atomic E-state index is 1.05. The third kappa shape index (κ3) is 1.72. The molecule has 0 aliphatic heterocycles. The quantitative estimate of drug-likeness (QED) is 0.603. The first-order valence-corrected chi connectivity index (χ1v) is 4.86. The lowest BCUT2D eigenvalue weighted by Gasteiger charge is -2.02. The molecular formula is C13H14. The number of allylic oxidation sites excluding steroid dienone is 2. The maximum absolute atomic E-state index is 2.28. The lowest BCUT2D eigenvalue weighted by molar-refractivity contribution is 1.14. The fourth-order valence-electron chi connectivity index (χ4n) is 1.61. The Kier molecular flexibility index (Phi) is 2.31. The Balaban J connectivity index is 2.50. The van der Waals surface area contributed by atoms with Gasteiger partial charge in [0.25, 0.3) is 0 Å². The number of fused-ring (bicyclic) bond motifs is 1. The molecule has 0 heteroatoms. The molecule has 1 aliphatic carbocycles. The summed E-state index contributed by atoms with van der Waals surface area (Å²) in [4.78, 5) is 0. The Labute approximate surface area is 79.6 Å². The standard InChI is InChI=1S/C13H14/c1-2-11-8-9-12-6-4-3-5-7-13(12)10-11/h4-10H,2-3H2,1H3. The smallest absolute Gasteiger partial charge is 0.0162 e. The number of hydrogen-bond acceptors (Lipinski definition) is 0. The van der Waals surface area contributed by atoms with Gasteiger partial charge < -0.3 is 0 Å². The molecule has 0 saturated carbocycles. The fraction of sp³-hybridized carbons (Fsp3) is 0.231. The minimum atomic E-state index is 1.05. The SMILES string of the molecule is CCc1ccc2c(c1)C=CCC=C2. The second kappa shape index (κ2) is 3.61. The molecule has 0 bridgehead atoms. The Hall–Kier alpha value is -1.30. The van der Waals surface area contributed by atoms with Crippen LogP contribution in [0.1, 0.15) is 30.0 Å². The van der Waals surface area contributed by atoms with Crippen molar-refractivity contribution in [3.05, 3.63) is 47.0 Å². The van der Waals surface area contributed by atoms with Crippen molar-refractivity contribution in [3.63, 3.8) is 0 Å². The van der Waals surface area contributed by atoms with Gasteiger partial charge in [0.15, 0.2) is 0 Å². The summed E-state index contributed by atoms with van der Waals surface area (Å²) in [6.45, 7) is 2.19. The molecule has 0 radical (unpaired) electrons. The lowest BCUT2D eigenvalue weighted by Crippen LogP contribution is -1.84. The van der Waals surface area contributed by atoms with E-state index in [1.54, 1.807) is 0 Å². The highest BCUT2D eigenvalue weighted by molar-refractivity contribution is 5.67. The molecule has 0 heterocycles. The van der Waals surface area contributed by atoms with Crippen LogP contribution in [-0.2, 0) is 6.42 Å². The molecule has 0 amide bonds. The van der Waals surface area contributed by atoms with Crippen LogP contribution in [0.15, 0.2) is 30.4 Å². The van der Waals surface area contributed by atoms with Gasteiger partial charge in [-0.05, 0) is 29.5 Å². The van der Waals surface area contributed by atoms with Crippen molar-refractivity contribution in [2.24, 2.45) is 0 Å². The first-order chi connectivity index (χ1) is 6.40. The largest absolute Gasteiger partial charge is 0.0801 e. The van der Waals surface area contributed by atoms with E-state index in [4.69, 9.17) is 0 Å². The predicted molar refractivity (Wildman–Crippen MR) is 58.5 cm³/mol. The summed E-state index contributed by atoms with van der Waals surface area (Å²) < 4.78 is 0. The molecule has 0 fully saturated rings. The van der Waals surface area contributed by atoms with E-state index in [0.29, 0.717) is 0 Å². The minimum Gasteiger partial charge on any atom is -0.0801 e. The summed E-state index contributed by atoms with van der Waals surface area (Å²) in [6, 6.07) is 6.70. The number of rotatable bonds is 1. The second-order valence-corrected chi connectivity index (χ2v) is 3.36. The number of benzene rings is 1. The molecule has 2 rings (SSSR count). The Morgan fingerprint density at radius 2 is 1.85 bits per heavy atom.